The van der Waals surface area contributed by atoms with Gasteiger partial charge in [-0.25, -0.2) is 14.8 Å². The van der Waals surface area contributed by atoms with Crippen LogP contribution in [0, 0.1) is 6.92 Å². The number of aromatic nitrogens is 2. The summed E-state index contributed by atoms with van der Waals surface area (Å²) < 4.78 is 5.09. The quantitative estimate of drug-likeness (QED) is 0.902. The fourth-order valence-corrected chi connectivity index (χ4v) is 3.43. The smallest absolute Gasteiger partial charge is 0.410 e. The molecule has 25 heavy (non-hydrogen) atoms. The van der Waals surface area contributed by atoms with Crippen LogP contribution in [0.25, 0.3) is 11.3 Å². The Balaban J connectivity index is 2.08. The number of halogens is 1. The Hall–Kier alpha value is -2.34. The number of carbonyl (C=O) groups is 1. The number of ether oxygens (including phenoxy) is 1. The van der Waals surface area contributed by atoms with Gasteiger partial charge in [0.05, 0.1) is 36.1 Å². The Morgan fingerprint density at radius 2 is 2.08 bits per heavy atom. The van der Waals surface area contributed by atoms with Gasteiger partial charge in [0.2, 0.25) is 5.95 Å². The molecular formula is C18H21ClN4O2. The molecule has 2 heterocycles. The molecule has 132 valence electrons. The molecule has 1 aliphatic rings. The summed E-state index contributed by atoms with van der Waals surface area (Å²) in [6.07, 6.45) is 0.530. The Morgan fingerprint density at radius 1 is 1.32 bits per heavy atom. The van der Waals surface area contributed by atoms with Gasteiger partial charge in [0.1, 0.15) is 0 Å². The summed E-state index contributed by atoms with van der Waals surface area (Å²) in [6, 6.07) is 3.99. The molecule has 6 nitrogen and oxygen atoms in total. The van der Waals surface area contributed by atoms with Crippen LogP contribution in [0.15, 0.2) is 12.1 Å². The van der Waals surface area contributed by atoms with Crippen LogP contribution in [0.3, 0.4) is 0 Å². The molecule has 1 amide bonds. The highest BCUT2D eigenvalue weighted by atomic mass is 35.5. The highest BCUT2D eigenvalue weighted by Gasteiger charge is 2.30. The third kappa shape index (κ3) is 3.26. The number of nitrogens with zero attached hydrogens (tertiary/aromatic N) is 3. The second-order valence-corrected chi connectivity index (χ2v) is 6.43. The Kier molecular flexibility index (Phi) is 4.81. The van der Waals surface area contributed by atoms with Gasteiger partial charge in [-0.2, -0.15) is 0 Å². The van der Waals surface area contributed by atoms with E-state index in [2.05, 4.69) is 16.9 Å². The van der Waals surface area contributed by atoms with Gasteiger partial charge in [-0.1, -0.05) is 18.5 Å². The molecule has 0 unspecified atom stereocenters. The number of fused-ring (bicyclic) bond motifs is 1. The zero-order chi connectivity index (χ0) is 18.1. The first kappa shape index (κ1) is 17.5. The lowest BCUT2D eigenvalue weighted by Crippen LogP contribution is -2.26. The van der Waals surface area contributed by atoms with E-state index in [1.807, 2.05) is 19.1 Å². The van der Waals surface area contributed by atoms with Gasteiger partial charge >= 0.3 is 6.09 Å². The molecule has 0 saturated carbocycles. The second kappa shape index (κ2) is 6.88. The lowest BCUT2D eigenvalue weighted by atomic mass is 9.98. The maximum absolute atomic E-state index is 12.1. The second-order valence-electron chi connectivity index (χ2n) is 6.02. The molecule has 0 atom stereocenters. The van der Waals surface area contributed by atoms with E-state index in [9.17, 15) is 4.79 Å². The minimum atomic E-state index is -0.366. The molecule has 0 radical (unpaired) electrons. The number of aryl methyl sites for hydroxylation is 2. The first-order chi connectivity index (χ1) is 11.9. The molecule has 3 rings (SSSR count). The summed E-state index contributed by atoms with van der Waals surface area (Å²) >= 11 is 6.49. The Labute approximate surface area is 152 Å². The van der Waals surface area contributed by atoms with Gasteiger partial charge in [-0.3, -0.25) is 4.90 Å². The fourth-order valence-electron chi connectivity index (χ4n) is 3.12. The number of benzene rings is 1. The molecule has 2 aromatic rings. The third-order valence-electron chi connectivity index (χ3n) is 4.39. The van der Waals surface area contributed by atoms with Crippen molar-refractivity contribution in [2.75, 3.05) is 12.3 Å². The maximum Gasteiger partial charge on any atom is 0.410 e. The number of nitrogen functional groups attached to an aromatic ring is 1. The number of amides is 1. The number of hydrogen-bond acceptors (Lipinski definition) is 5. The SMILES string of the molecule is CCOC(=O)N1Cc2nc(N)nc(-c3cc(CC)c(C)cc3Cl)c2C1. The number of nitrogens with two attached hydrogens (primary N) is 1. The van der Waals surface area contributed by atoms with E-state index in [1.54, 1.807) is 11.8 Å². The molecule has 0 bridgehead atoms. The van der Waals surface area contributed by atoms with Gasteiger partial charge in [0.25, 0.3) is 0 Å². The van der Waals surface area contributed by atoms with Crippen LogP contribution in [0.2, 0.25) is 5.02 Å². The highest BCUT2D eigenvalue weighted by Crippen LogP contribution is 2.36. The molecule has 0 saturated heterocycles. The number of anilines is 1. The van der Waals surface area contributed by atoms with Crippen LogP contribution < -0.4 is 5.73 Å². The van der Waals surface area contributed by atoms with Crippen LogP contribution in [-0.2, 0) is 24.2 Å². The van der Waals surface area contributed by atoms with Crippen molar-refractivity contribution >= 4 is 23.6 Å². The average molecular weight is 361 g/mol. The lowest BCUT2D eigenvalue weighted by molar-refractivity contribution is 0.106. The summed E-state index contributed by atoms with van der Waals surface area (Å²) in [4.78, 5) is 22.4. The zero-order valence-corrected chi connectivity index (χ0v) is 15.4. The largest absolute Gasteiger partial charge is 0.450 e. The van der Waals surface area contributed by atoms with E-state index in [1.165, 1.54) is 5.56 Å². The van der Waals surface area contributed by atoms with Crippen molar-refractivity contribution in [1.29, 1.82) is 0 Å². The predicted octanol–water partition coefficient (Wildman–Crippen LogP) is 3.72. The van der Waals surface area contributed by atoms with Crippen molar-refractivity contribution < 1.29 is 9.53 Å². The average Bonchev–Trinajstić information content (AvgIpc) is 2.98. The van der Waals surface area contributed by atoms with E-state index in [4.69, 9.17) is 22.1 Å². The predicted molar refractivity (Wildman–Crippen MR) is 97.3 cm³/mol. The van der Waals surface area contributed by atoms with Gasteiger partial charge < -0.3 is 10.5 Å². The Bertz CT molecular complexity index is 838. The van der Waals surface area contributed by atoms with Crippen molar-refractivity contribution in [1.82, 2.24) is 14.9 Å². The van der Waals surface area contributed by atoms with E-state index in [-0.39, 0.29) is 12.0 Å². The van der Waals surface area contributed by atoms with Crippen LogP contribution in [0.5, 0.6) is 0 Å². The third-order valence-corrected chi connectivity index (χ3v) is 4.70. The van der Waals surface area contributed by atoms with Crippen LogP contribution in [-0.4, -0.2) is 27.6 Å². The van der Waals surface area contributed by atoms with E-state index in [0.717, 1.165) is 28.8 Å². The zero-order valence-electron chi connectivity index (χ0n) is 14.6. The van der Waals surface area contributed by atoms with Crippen molar-refractivity contribution in [3.05, 3.63) is 39.5 Å². The van der Waals surface area contributed by atoms with Gasteiger partial charge in [0, 0.05) is 11.1 Å². The highest BCUT2D eigenvalue weighted by molar-refractivity contribution is 6.33. The summed E-state index contributed by atoms with van der Waals surface area (Å²) in [5, 5.41) is 0.615. The minimum Gasteiger partial charge on any atom is -0.450 e. The van der Waals surface area contributed by atoms with Crippen molar-refractivity contribution in [2.45, 2.75) is 40.3 Å². The van der Waals surface area contributed by atoms with Gasteiger partial charge in [-0.15, -0.1) is 0 Å². The van der Waals surface area contributed by atoms with Crippen molar-refractivity contribution in [3.63, 3.8) is 0 Å². The first-order valence-corrected chi connectivity index (χ1v) is 8.68. The molecule has 1 aromatic carbocycles. The molecule has 7 heteroatoms. The van der Waals surface area contributed by atoms with Crippen LogP contribution in [0.4, 0.5) is 10.7 Å². The number of hydrogen-bond donors (Lipinski definition) is 1. The summed E-state index contributed by atoms with van der Waals surface area (Å²) in [5.41, 5.74) is 11.4. The molecule has 0 aliphatic carbocycles. The molecule has 2 N–H and O–H groups in total. The molecule has 0 spiro atoms. The summed E-state index contributed by atoms with van der Waals surface area (Å²) in [7, 11) is 0. The van der Waals surface area contributed by atoms with Gasteiger partial charge in [0.15, 0.2) is 0 Å². The molecule has 1 aromatic heterocycles. The van der Waals surface area contributed by atoms with Crippen LogP contribution >= 0.6 is 11.6 Å². The minimum absolute atomic E-state index is 0.175. The first-order valence-electron chi connectivity index (χ1n) is 8.30. The topological polar surface area (TPSA) is 81.3 Å². The van der Waals surface area contributed by atoms with E-state index < -0.39 is 0 Å². The summed E-state index contributed by atoms with van der Waals surface area (Å²) in [6.45, 7) is 6.99. The molecule has 1 aliphatic heterocycles. The monoisotopic (exact) mass is 360 g/mol. The Morgan fingerprint density at radius 3 is 2.76 bits per heavy atom. The van der Waals surface area contributed by atoms with E-state index in [0.29, 0.717) is 30.4 Å². The lowest BCUT2D eigenvalue weighted by Gasteiger charge is -2.14. The number of rotatable bonds is 3. The normalized spacial score (nSPS) is 13.0. The maximum atomic E-state index is 12.1. The molecule has 0 fully saturated rings. The summed E-state index contributed by atoms with van der Waals surface area (Å²) in [5.74, 6) is 0.175. The van der Waals surface area contributed by atoms with Crippen molar-refractivity contribution in [2.24, 2.45) is 0 Å². The van der Waals surface area contributed by atoms with E-state index >= 15 is 0 Å². The van der Waals surface area contributed by atoms with Crippen molar-refractivity contribution in [3.8, 4) is 11.3 Å². The number of carbonyl (C=O) groups excluding carboxylic acids is 1. The van der Waals surface area contributed by atoms with Crippen LogP contribution in [0.1, 0.15) is 36.2 Å². The fraction of sp³-hybridized carbons (Fsp3) is 0.389. The standard InChI is InChI=1S/C18H21ClN4O2/c1-4-11-7-12(14(19)6-10(11)3)16-13-8-23(18(24)25-5-2)9-15(13)21-17(20)22-16/h6-7H,4-5,8-9H2,1-3H3,(H2,20,21,22). The van der Waals surface area contributed by atoms with Gasteiger partial charge in [-0.05, 0) is 43.5 Å². The molecular weight excluding hydrogens is 340 g/mol.